The van der Waals surface area contributed by atoms with Gasteiger partial charge < -0.3 is 10.4 Å². The van der Waals surface area contributed by atoms with Gasteiger partial charge >= 0.3 is 0 Å². The summed E-state index contributed by atoms with van der Waals surface area (Å²) in [5.74, 6) is 0. The van der Waals surface area contributed by atoms with E-state index in [9.17, 15) is 0 Å². The Kier molecular flexibility index (Phi) is 4.40. The highest BCUT2D eigenvalue weighted by atomic mass is 32.2. The Morgan fingerprint density at radius 2 is 2.33 bits per heavy atom. The van der Waals surface area contributed by atoms with Crippen LogP contribution in [0.15, 0.2) is 0 Å². The van der Waals surface area contributed by atoms with E-state index >= 15 is 0 Å². The second kappa shape index (κ2) is 5.10. The third-order valence-corrected chi connectivity index (χ3v) is 3.51. The summed E-state index contributed by atoms with van der Waals surface area (Å²) >= 11 is 1.97. The molecular weight excluding hydrogens is 170 g/mol. The van der Waals surface area contributed by atoms with Crippen LogP contribution in [0, 0.1) is 0 Å². The van der Waals surface area contributed by atoms with E-state index in [1.807, 2.05) is 18.7 Å². The van der Waals surface area contributed by atoms with Crippen molar-refractivity contribution in [2.75, 3.05) is 12.8 Å². The smallest absolute Gasteiger partial charge is 0.0636 e. The Morgan fingerprint density at radius 1 is 1.58 bits per heavy atom. The van der Waals surface area contributed by atoms with Crippen LogP contribution in [0.4, 0.5) is 0 Å². The lowest BCUT2D eigenvalue weighted by molar-refractivity contribution is 0.186. The molecule has 0 aromatic rings. The molecule has 12 heavy (non-hydrogen) atoms. The highest BCUT2D eigenvalue weighted by molar-refractivity contribution is 7.99. The fraction of sp³-hybridized carbons (Fsp3) is 1.00. The van der Waals surface area contributed by atoms with Crippen LogP contribution in [0.25, 0.3) is 0 Å². The molecule has 2 N–H and O–H groups in total. The molecular formula is C9H19NOS. The molecule has 2 nitrogen and oxygen atoms in total. The Balaban J connectivity index is 2.11. The van der Waals surface area contributed by atoms with Gasteiger partial charge in [0.2, 0.25) is 0 Å². The monoisotopic (exact) mass is 189 g/mol. The van der Waals surface area contributed by atoms with Crippen molar-refractivity contribution in [2.45, 2.75) is 43.6 Å². The van der Waals surface area contributed by atoms with Gasteiger partial charge in [-0.25, -0.2) is 0 Å². The van der Waals surface area contributed by atoms with E-state index in [0.717, 1.165) is 11.8 Å². The zero-order valence-electron chi connectivity index (χ0n) is 7.92. The molecule has 1 aliphatic carbocycles. The number of rotatable bonds is 4. The summed E-state index contributed by atoms with van der Waals surface area (Å²) in [6.07, 6.45) is 5.85. The molecule has 3 atom stereocenters. The normalized spacial score (nSPS) is 32.2. The zero-order valence-corrected chi connectivity index (χ0v) is 8.73. The number of aliphatic hydroxyl groups is 1. The predicted octanol–water partition coefficient (Wildman–Crippen LogP) is 1.24. The average molecular weight is 189 g/mol. The summed E-state index contributed by atoms with van der Waals surface area (Å²) in [6, 6.07) is 0.650. The molecule has 2 unspecified atom stereocenters. The molecule has 0 aromatic heterocycles. The molecule has 0 saturated heterocycles. The quantitative estimate of drug-likeness (QED) is 0.698. The van der Waals surface area contributed by atoms with Crippen molar-refractivity contribution in [2.24, 2.45) is 0 Å². The molecule has 0 amide bonds. The van der Waals surface area contributed by atoms with Crippen LogP contribution in [0.5, 0.6) is 0 Å². The van der Waals surface area contributed by atoms with Gasteiger partial charge in [-0.3, -0.25) is 0 Å². The first-order chi connectivity index (χ1) is 5.72. The second-order valence-corrected chi connectivity index (χ2v) is 4.76. The van der Waals surface area contributed by atoms with Crippen molar-refractivity contribution >= 4 is 11.8 Å². The summed E-state index contributed by atoms with van der Waals surface area (Å²) in [4.78, 5) is 0. The van der Waals surface area contributed by atoms with Crippen molar-refractivity contribution in [1.29, 1.82) is 0 Å². The summed E-state index contributed by atoms with van der Waals surface area (Å²) in [5, 5.41) is 13.3. The van der Waals surface area contributed by atoms with E-state index in [1.165, 1.54) is 19.3 Å². The molecule has 1 aliphatic rings. The maximum Gasteiger partial charge on any atom is 0.0636 e. The molecule has 0 heterocycles. The van der Waals surface area contributed by atoms with Crippen LogP contribution >= 0.6 is 11.8 Å². The van der Waals surface area contributed by atoms with Crippen LogP contribution in [0.1, 0.15) is 26.2 Å². The third kappa shape index (κ3) is 3.33. The van der Waals surface area contributed by atoms with Gasteiger partial charge in [-0.1, -0.05) is 0 Å². The van der Waals surface area contributed by atoms with E-state index in [4.69, 9.17) is 5.11 Å². The molecule has 72 valence electrons. The Bertz CT molecular complexity index is 130. The first-order valence-corrected chi connectivity index (χ1v) is 5.95. The van der Waals surface area contributed by atoms with E-state index in [-0.39, 0.29) is 6.10 Å². The molecule has 1 rings (SSSR count). The van der Waals surface area contributed by atoms with E-state index in [1.54, 1.807) is 0 Å². The van der Waals surface area contributed by atoms with Crippen LogP contribution in [0.3, 0.4) is 0 Å². The van der Waals surface area contributed by atoms with Gasteiger partial charge in [0, 0.05) is 17.8 Å². The Hall–Kier alpha value is 0.270. The number of hydrogen-bond donors (Lipinski definition) is 2. The zero-order chi connectivity index (χ0) is 8.97. The minimum absolute atomic E-state index is 0.210. The first-order valence-electron chi connectivity index (χ1n) is 4.66. The van der Waals surface area contributed by atoms with Crippen molar-refractivity contribution in [1.82, 2.24) is 5.32 Å². The maximum atomic E-state index is 9.07. The fourth-order valence-electron chi connectivity index (χ4n) is 1.68. The number of nitrogens with one attached hydrogen (secondary N) is 1. The highest BCUT2D eigenvalue weighted by Crippen LogP contribution is 2.27. The molecule has 1 saturated carbocycles. The van der Waals surface area contributed by atoms with Crippen LogP contribution in [-0.2, 0) is 0 Å². The van der Waals surface area contributed by atoms with Crippen molar-refractivity contribution in [3.63, 3.8) is 0 Å². The Morgan fingerprint density at radius 3 is 2.83 bits per heavy atom. The predicted molar refractivity (Wildman–Crippen MR) is 54.6 cm³/mol. The van der Waals surface area contributed by atoms with Gasteiger partial charge in [-0.15, -0.1) is 0 Å². The molecule has 0 aliphatic heterocycles. The second-order valence-electron chi connectivity index (χ2n) is 3.62. The van der Waals surface area contributed by atoms with Gasteiger partial charge in [-0.05, 0) is 32.4 Å². The summed E-state index contributed by atoms with van der Waals surface area (Å²) in [5.41, 5.74) is 0. The molecule has 1 fully saturated rings. The number of aliphatic hydroxyl groups excluding tert-OH is 1. The highest BCUT2D eigenvalue weighted by Gasteiger charge is 2.23. The first kappa shape index (κ1) is 10.4. The van der Waals surface area contributed by atoms with E-state index in [0.29, 0.717) is 6.04 Å². The van der Waals surface area contributed by atoms with Crippen molar-refractivity contribution in [3.8, 4) is 0 Å². The lowest BCUT2D eigenvalue weighted by Gasteiger charge is -2.13. The third-order valence-electron chi connectivity index (χ3n) is 2.42. The Labute approximate surface area is 79.1 Å². The lowest BCUT2D eigenvalue weighted by Crippen LogP contribution is -2.32. The van der Waals surface area contributed by atoms with Crippen molar-refractivity contribution < 1.29 is 5.11 Å². The van der Waals surface area contributed by atoms with E-state index < -0.39 is 0 Å². The van der Waals surface area contributed by atoms with Crippen LogP contribution in [-0.4, -0.2) is 35.3 Å². The SMILES string of the molecule is CSC1CCC(NC[C@@H](C)O)C1. The van der Waals surface area contributed by atoms with Gasteiger partial charge in [0.15, 0.2) is 0 Å². The van der Waals surface area contributed by atoms with Gasteiger partial charge in [0.25, 0.3) is 0 Å². The minimum Gasteiger partial charge on any atom is -0.392 e. The van der Waals surface area contributed by atoms with Crippen LogP contribution < -0.4 is 5.32 Å². The maximum absolute atomic E-state index is 9.07. The van der Waals surface area contributed by atoms with Gasteiger partial charge in [0.1, 0.15) is 0 Å². The fourth-order valence-corrected chi connectivity index (χ4v) is 2.47. The topological polar surface area (TPSA) is 32.3 Å². The number of hydrogen-bond acceptors (Lipinski definition) is 3. The summed E-state index contributed by atoms with van der Waals surface area (Å²) < 4.78 is 0. The molecule has 0 radical (unpaired) electrons. The number of thioether (sulfide) groups is 1. The van der Waals surface area contributed by atoms with Gasteiger partial charge in [0.05, 0.1) is 6.10 Å². The lowest BCUT2D eigenvalue weighted by atomic mass is 10.2. The summed E-state index contributed by atoms with van der Waals surface area (Å²) in [6.45, 7) is 2.57. The van der Waals surface area contributed by atoms with Crippen LogP contribution in [0.2, 0.25) is 0 Å². The molecule has 0 bridgehead atoms. The molecule has 0 spiro atoms. The van der Waals surface area contributed by atoms with Crippen molar-refractivity contribution in [3.05, 3.63) is 0 Å². The molecule has 3 heteroatoms. The van der Waals surface area contributed by atoms with E-state index in [2.05, 4.69) is 11.6 Å². The summed E-state index contributed by atoms with van der Waals surface area (Å²) in [7, 11) is 0. The largest absolute Gasteiger partial charge is 0.392 e. The van der Waals surface area contributed by atoms with Gasteiger partial charge in [-0.2, -0.15) is 11.8 Å². The molecule has 0 aromatic carbocycles. The minimum atomic E-state index is -0.210. The standard InChI is InChI=1S/C9H19NOS/c1-7(11)6-10-8-3-4-9(5-8)12-2/h7-11H,3-6H2,1-2H3/t7-,8?,9?/m1/s1. The average Bonchev–Trinajstić information content (AvgIpc) is 2.48.